The number of rotatable bonds is 6. The van der Waals surface area contributed by atoms with E-state index in [9.17, 15) is 4.39 Å². The summed E-state index contributed by atoms with van der Waals surface area (Å²) in [5.41, 5.74) is 1.96. The fraction of sp³-hybridized carbons (Fsp3) is 0.188. The summed E-state index contributed by atoms with van der Waals surface area (Å²) in [7, 11) is 0. The molecule has 0 heterocycles. The molecule has 0 aliphatic heterocycles. The first-order valence-corrected chi connectivity index (χ1v) is 6.80. The highest BCUT2D eigenvalue weighted by Crippen LogP contribution is 2.16. The van der Waals surface area contributed by atoms with E-state index in [4.69, 9.17) is 21.6 Å². The molecule has 21 heavy (non-hydrogen) atoms. The largest absolute Gasteiger partial charge is 0.479 e. The van der Waals surface area contributed by atoms with Gasteiger partial charge in [0.15, 0.2) is 6.61 Å². The lowest BCUT2D eigenvalue weighted by molar-refractivity contribution is 0.367. The van der Waals surface area contributed by atoms with E-state index in [2.05, 4.69) is 5.32 Å². The van der Waals surface area contributed by atoms with Crippen LogP contribution in [-0.2, 0) is 13.1 Å². The molecule has 0 saturated carbocycles. The zero-order valence-electron chi connectivity index (χ0n) is 11.3. The van der Waals surface area contributed by atoms with Gasteiger partial charge in [0.05, 0.1) is 5.02 Å². The molecule has 0 aromatic heterocycles. The van der Waals surface area contributed by atoms with Gasteiger partial charge in [-0.05, 0) is 35.4 Å². The van der Waals surface area contributed by atoms with Crippen molar-refractivity contribution in [1.29, 1.82) is 5.26 Å². The second-order valence-corrected chi connectivity index (χ2v) is 4.85. The number of hydrogen-bond donors (Lipinski definition) is 1. The minimum absolute atomic E-state index is 0.0327. The van der Waals surface area contributed by atoms with Crippen LogP contribution in [0, 0.1) is 17.1 Å². The van der Waals surface area contributed by atoms with Gasteiger partial charge in [0.1, 0.15) is 17.6 Å². The van der Waals surface area contributed by atoms with E-state index in [1.165, 1.54) is 6.07 Å². The number of benzene rings is 2. The monoisotopic (exact) mass is 304 g/mol. The van der Waals surface area contributed by atoms with Crippen LogP contribution in [0.25, 0.3) is 0 Å². The number of nitriles is 1. The standard InChI is InChI=1S/C16H14ClFN2O/c17-15-9-13(4-5-16(15)18)11-20-10-12-2-1-3-14(8-12)21-7-6-19/h1-5,8-9,20H,7,10-11H2. The van der Waals surface area contributed by atoms with Crippen molar-refractivity contribution in [1.82, 2.24) is 5.32 Å². The summed E-state index contributed by atoms with van der Waals surface area (Å²) >= 11 is 5.73. The molecule has 2 aromatic carbocycles. The number of halogens is 2. The molecule has 2 aromatic rings. The molecule has 108 valence electrons. The van der Waals surface area contributed by atoms with Crippen molar-refractivity contribution in [2.75, 3.05) is 6.61 Å². The maximum absolute atomic E-state index is 13.0. The quantitative estimate of drug-likeness (QED) is 0.885. The lowest BCUT2D eigenvalue weighted by Gasteiger charge is -2.08. The smallest absolute Gasteiger partial charge is 0.174 e. The topological polar surface area (TPSA) is 45.0 Å². The first-order chi connectivity index (χ1) is 10.2. The van der Waals surface area contributed by atoms with Crippen molar-refractivity contribution in [3.8, 4) is 11.8 Å². The highest BCUT2D eigenvalue weighted by molar-refractivity contribution is 6.30. The van der Waals surface area contributed by atoms with E-state index < -0.39 is 5.82 Å². The van der Waals surface area contributed by atoms with E-state index in [0.29, 0.717) is 18.8 Å². The maximum Gasteiger partial charge on any atom is 0.174 e. The molecule has 0 aliphatic carbocycles. The van der Waals surface area contributed by atoms with Gasteiger partial charge in [-0.3, -0.25) is 0 Å². The molecule has 1 N–H and O–H groups in total. The Morgan fingerprint density at radius 1 is 1.14 bits per heavy atom. The first-order valence-electron chi connectivity index (χ1n) is 6.42. The fourth-order valence-corrected chi connectivity index (χ4v) is 2.06. The second-order valence-electron chi connectivity index (χ2n) is 4.45. The lowest BCUT2D eigenvalue weighted by Crippen LogP contribution is -2.12. The van der Waals surface area contributed by atoms with Gasteiger partial charge < -0.3 is 10.1 Å². The maximum atomic E-state index is 13.0. The zero-order valence-corrected chi connectivity index (χ0v) is 12.0. The predicted octanol–water partition coefficient (Wildman–Crippen LogP) is 3.67. The van der Waals surface area contributed by atoms with Crippen molar-refractivity contribution in [2.45, 2.75) is 13.1 Å². The summed E-state index contributed by atoms with van der Waals surface area (Å²) in [5.74, 6) is 0.253. The normalized spacial score (nSPS) is 10.1. The first kappa shape index (κ1) is 15.3. The molecule has 3 nitrogen and oxygen atoms in total. The molecule has 5 heteroatoms. The van der Waals surface area contributed by atoms with Gasteiger partial charge in [-0.25, -0.2) is 4.39 Å². The summed E-state index contributed by atoms with van der Waals surface area (Å²) in [6.45, 7) is 1.26. The highest BCUT2D eigenvalue weighted by atomic mass is 35.5. The third kappa shape index (κ3) is 4.75. The van der Waals surface area contributed by atoms with Gasteiger partial charge in [0, 0.05) is 13.1 Å². The summed E-state index contributed by atoms with van der Waals surface area (Å²) < 4.78 is 18.3. The number of nitrogens with one attached hydrogen (secondary N) is 1. The summed E-state index contributed by atoms with van der Waals surface area (Å²) in [6, 6.07) is 14.1. The van der Waals surface area contributed by atoms with Crippen molar-refractivity contribution in [3.05, 3.63) is 64.4 Å². The minimum Gasteiger partial charge on any atom is -0.479 e. The highest BCUT2D eigenvalue weighted by Gasteiger charge is 2.01. The van der Waals surface area contributed by atoms with E-state index in [0.717, 1.165) is 11.1 Å². The lowest BCUT2D eigenvalue weighted by atomic mass is 10.2. The van der Waals surface area contributed by atoms with E-state index >= 15 is 0 Å². The molecule has 0 saturated heterocycles. The van der Waals surface area contributed by atoms with Crippen LogP contribution in [0.3, 0.4) is 0 Å². The molecule has 0 bridgehead atoms. The average molecular weight is 305 g/mol. The van der Waals surface area contributed by atoms with Gasteiger partial charge in [-0.15, -0.1) is 0 Å². The van der Waals surface area contributed by atoms with Crippen LogP contribution in [-0.4, -0.2) is 6.61 Å². The van der Waals surface area contributed by atoms with Crippen LogP contribution >= 0.6 is 11.6 Å². The van der Waals surface area contributed by atoms with Gasteiger partial charge in [-0.2, -0.15) is 5.26 Å². The van der Waals surface area contributed by atoms with Gasteiger partial charge in [-0.1, -0.05) is 29.8 Å². The van der Waals surface area contributed by atoms with Crippen LogP contribution in [0.1, 0.15) is 11.1 Å². The molecule has 2 rings (SSSR count). The molecule has 0 radical (unpaired) electrons. The van der Waals surface area contributed by atoms with E-state index in [1.807, 2.05) is 24.3 Å². The predicted molar refractivity (Wildman–Crippen MR) is 79.5 cm³/mol. The third-order valence-corrected chi connectivity index (χ3v) is 3.13. The molecule has 0 fully saturated rings. The van der Waals surface area contributed by atoms with Crippen molar-refractivity contribution < 1.29 is 9.13 Å². The Bertz CT molecular complexity index is 655. The number of hydrogen-bond acceptors (Lipinski definition) is 3. The number of nitrogens with zero attached hydrogens (tertiary/aromatic N) is 1. The Morgan fingerprint density at radius 3 is 2.62 bits per heavy atom. The Kier molecular flexibility index (Phi) is 5.56. The van der Waals surface area contributed by atoms with Crippen LogP contribution in [0.2, 0.25) is 5.02 Å². The van der Waals surface area contributed by atoms with Gasteiger partial charge in [0.25, 0.3) is 0 Å². The van der Waals surface area contributed by atoms with E-state index in [-0.39, 0.29) is 11.6 Å². The van der Waals surface area contributed by atoms with Crippen molar-refractivity contribution in [2.24, 2.45) is 0 Å². The van der Waals surface area contributed by atoms with Gasteiger partial charge in [0.2, 0.25) is 0 Å². The van der Waals surface area contributed by atoms with Crippen LogP contribution in [0.5, 0.6) is 5.75 Å². The average Bonchev–Trinajstić information content (AvgIpc) is 2.49. The summed E-state index contributed by atoms with van der Waals surface area (Å²) in [6.07, 6.45) is 0. The van der Waals surface area contributed by atoms with Gasteiger partial charge >= 0.3 is 0 Å². The minimum atomic E-state index is -0.414. The Balaban J connectivity index is 1.88. The molecule has 0 unspecified atom stereocenters. The molecule has 0 aliphatic rings. The molecule has 0 atom stereocenters. The molecule has 0 spiro atoms. The summed E-state index contributed by atoms with van der Waals surface area (Å²) in [4.78, 5) is 0. The van der Waals surface area contributed by atoms with Crippen LogP contribution in [0.4, 0.5) is 4.39 Å². The fourth-order valence-electron chi connectivity index (χ4n) is 1.86. The molecule has 0 amide bonds. The molecular weight excluding hydrogens is 291 g/mol. The molecular formula is C16H14ClFN2O. The third-order valence-electron chi connectivity index (χ3n) is 2.84. The van der Waals surface area contributed by atoms with Crippen LogP contribution in [0.15, 0.2) is 42.5 Å². The zero-order chi connectivity index (χ0) is 15.1. The second kappa shape index (κ2) is 7.63. The Morgan fingerprint density at radius 2 is 1.90 bits per heavy atom. The van der Waals surface area contributed by atoms with Crippen LogP contribution < -0.4 is 10.1 Å². The van der Waals surface area contributed by atoms with E-state index in [1.54, 1.807) is 18.2 Å². The number of ether oxygens (including phenoxy) is 1. The SMILES string of the molecule is N#CCOc1cccc(CNCc2ccc(F)c(Cl)c2)c1. The summed E-state index contributed by atoms with van der Waals surface area (Å²) in [5, 5.41) is 11.9. The Labute approximate surface area is 127 Å². The van der Waals surface area contributed by atoms with Crippen molar-refractivity contribution >= 4 is 11.6 Å². The van der Waals surface area contributed by atoms with Crippen molar-refractivity contribution in [3.63, 3.8) is 0 Å². The Hall–Kier alpha value is -2.09.